The lowest BCUT2D eigenvalue weighted by atomic mass is 10.1. The predicted molar refractivity (Wildman–Crippen MR) is 132 cm³/mol. The molecule has 0 aliphatic rings. The number of nitrogens with one attached hydrogen (secondary N) is 1. The molecule has 0 fully saturated rings. The molecule has 0 aliphatic heterocycles. The van der Waals surface area contributed by atoms with E-state index < -0.39 is 10.0 Å². The molecule has 1 N–H and O–H groups in total. The van der Waals surface area contributed by atoms with Gasteiger partial charge in [-0.1, -0.05) is 60.7 Å². The molecular formula is C26H21N3O4S. The highest BCUT2D eigenvalue weighted by Gasteiger charge is 2.21. The van der Waals surface area contributed by atoms with Crippen molar-refractivity contribution in [2.75, 3.05) is 11.8 Å². The number of hydrogen-bond acceptors (Lipinski definition) is 6. The number of sulfonamides is 1. The minimum atomic E-state index is -3.97. The van der Waals surface area contributed by atoms with Gasteiger partial charge in [0.15, 0.2) is 0 Å². The predicted octanol–water partition coefficient (Wildman–Crippen LogP) is 5.17. The zero-order valence-electron chi connectivity index (χ0n) is 18.3. The van der Waals surface area contributed by atoms with Gasteiger partial charge in [0.2, 0.25) is 5.82 Å². The number of methoxy groups -OCH3 is 1. The summed E-state index contributed by atoms with van der Waals surface area (Å²) in [6, 6.07) is 27.1. The van der Waals surface area contributed by atoms with Gasteiger partial charge in [-0.3, -0.25) is 4.72 Å². The monoisotopic (exact) mass is 471 g/mol. The lowest BCUT2D eigenvalue weighted by Gasteiger charge is -2.14. The second-order valence-electron chi connectivity index (χ2n) is 7.59. The van der Waals surface area contributed by atoms with Gasteiger partial charge in [0.1, 0.15) is 12.4 Å². The molecule has 0 spiro atoms. The zero-order valence-corrected chi connectivity index (χ0v) is 19.1. The number of benzene rings is 4. The standard InChI is InChI=1S/C26H21N3O4S/c1-32-20-15-13-18(14-16-20)17-33-26-25(27-22-10-4-5-11-23(22)28-26)29-34(30,31)24-12-6-8-19-7-2-3-9-21(19)24/h2-16H,17H2,1H3,(H,27,29). The van der Waals surface area contributed by atoms with Crippen LogP contribution in [0.25, 0.3) is 21.8 Å². The van der Waals surface area contributed by atoms with Crippen molar-refractivity contribution in [3.8, 4) is 11.6 Å². The lowest BCUT2D eigenvalue weighted by molar-refractivity contribution is 0.295. The van der Waals surface area contributed by atoms with Gasteiger partial charge in [0, 0.05) is 5.39 Å². The maximum absolute atomic E-state index is 13.4. The number of hydrogen-bond donors (Lipinski definition) is 1. The van der Waals surface area contributed by atoms with Crippen LogP contribution in [-0.4, -0.2) is 25.5 Å². The fourth-order valence-electron chi connectivity index (χ4n) is 3.64. The topological polar surface area (TPSA) is 90.4 Å². The Labute approximate surface area is 197 Å². The summed E-state index contributed by atoms with van der Waals surface area (Å²) in [6.45, 7) is 0.181. The highest BCUT2D eigenvalue weighted by molar-refractivity contribution is 7.93. The van der Waals surface area contributed by atoms with Crippen LogP contribution in [0.5, 0.6) is 11.6 Å². The Hall–Kier alpha value is -4.17. The highest BCUT2D eigenvalue weighted by atomic mass is 32.2. The van der Waals surface area contributed by atoms with Crippen LogP contribution in [0.2, 0.25) is 0 Å². The number of fused-ring (bicyclic) bond motifs is 2. The highest BCUT2D eigenvalue weighted by Crippen LogP contribution is 2.29. The van der Waals surface area contributed by atoms with E-state index in [1.54, 1.807) is 43.5 Å². The summed E-state index contributed by atoms with van der Waals surface area (Å²) in [6.07, 6.45) is 0. The number of nitrogens with zero attached hydrogens (tertiary/aromatic N) is 2. The van der Waals surface area contributed by atoms with Crippen LogP contribution in [0.4, 0.5) is 5.82 Å². The van der Waals surface area contributed by atoms with Gasteiger partial charge >= 0.3 is 0 Å². The Morgan fingerprint density at radius 2 is 1.47 bits per heavy atom. The number of ether oxygens (including phenoxy) is 2. The summed E-state index contributed by atoms with van der Waals surface area (Å²) in [7, 11) is -2.37. The van der Waals surface area contributed by atoms with E-state index in [2.05, 4.69) is 14.7 Å². The van der Waals surface area contributed by atoms with Crippen LogP contribution in [0.3, 0.4) is 0 Å². The van der Waals surface area contributed by atoms with Crippen molar-refractivity contribution in [2.24, 2.45) is 0 Å². The molecule has 0 radical (unpaired) electrons. The van der Waals surface area contributed by atoms with E-state index in [1.165, 1.54) is 0 Å². The molecule has 170 valence electrons. The number of para-hydroxylation sites is 2. The van der Waals surface area contributed by atoms with E-state index >= 15 is 0 Å². The Balaban J connectivity index is 1.52. The zero-order chi connectivity index (χ0) is 23.5. The smallest absolute Gasteiger partial charge is 0.263 e. The average molecular weight is 472 g/mol. The second kappa shape index (κ2) is 8.99. The molecule has 0 aliphatic carbocycles. The molecule has 0 saturated heterocycles. The molecule has 1 heterocycles. The molecule has 0 saturated carbocycles. The molecule has 1 aromatic heterocycles. The third-order valence-corrected chi connectivity index (χ3v) is 6.74. The third-order valence-electron chi connectivity index (χ3n) is 5.34. The fourth-order valence-corrected chi connectivity index (χ4v) is 4.87. The number of rotatable bonds is 7. The summed E-state index contributed by atoms with van der Waals surface area (Å²) in [5.41, 5.74) is 2.02. The van der Waals surface area contributed by atoms with Crippen LogP contribution in [0, 0.1) is 0 Å². The van der Waals surface area contributed by atoms with Gasteiger partial charge in [0.05, 0.1) is 23.0 Å². The van der Waals surface area contributed by atoms with Gasteiger partial charge < -0.3 is 9.47 Å². The van der Waals surface area contributed by atoms with E-state index in [9.17, 15) is 8.42 Å². The van der Waals surface area contributed by atoms with Crippen LogP contribution in [-0.2, 0) is 16.6 Å². The molecule has 0 unspecified atom stereocenters. The van der Waals surface area contributed by atoms with Crippen molar-refractivity contribution in [3.05, 3.63) is 96.6 Å². The first-order chi connectivity index (χ1) is 16.5. The third kappa shape index (κ3) is 4.35. The molecule has 4 aromatic carbocycles. The minimum absolute atomic E-state index is 0.0279. The summed E-state index contributed by atoms with van der Waals surface area (Å²) < 4.78 is 40.5. The van der Waals surface area contributed by atoms with Gasteiger partial charge in [-0.2, -0.15) is 0 Å². The van der Waals surface area contributed by atoms with Crippen LogP contribution in [0.15, 0.2) is 95.9 Å². The van der Waals surface area contributed by atoms with Crippen molar-refractivity contribution in [3.63, 3.8) is 0 Å². The molecule has 0 atom stereocenters. The maximum atomic E-state index is 13.4. The Morgan fingerprint density at radius 1 is 0.794 bits per heavy atom. The fraction of sp³-hybridized carbons (Fsp3) is 0.0769. The first-order valence-electron chi connectivity index (χ1n) is 10.6. The molecule has 34 heavy (non-hydrogen) atoms. The Bertz CT molecular complexity index is 1580. The van der Waals surface area contributed by atoms with Crippen molar-refractivity contribution >= 4 is 37.6 Å². The molecular weight excluding hydrogens is 450 g/mol. The van der Waals surface area contributed by atoms with Crippen LogP contribution in [0.1, 0.15) is 5.56 Å². The summed E-state index contributed by atoms with van der Waals surface area (Å²) in [5.74, 6) is 0.858. The number of anilines is 1. The van der Waals surface area contributed by atoms with Gasteiger partial charge in [0.25, 0.3) is 15.9 Å². The van der Waals surface area contributed by atoms with E-state index in [0.29, 0.717) is 16.4 Å². The van der Waals surface area contributed by atoms with E-state index in [1.807, 2.05) is 54.6 Å². The lowest BCUT2D eigenvalue weighted by Crippen LogP contribution is -2.16. The van der Waals surface area contributed by atoms with Crippen molar-refractivity contribution < 1.29 is 17.9 Å². The summed E-state index contributed by atoms with van der Waals surface area (Å²) in [5, 5.41) is 1.44. The normalized spacial score (nSPS) is 11.4. The Morgan fingerprint density at radius 3 is 2.24 bits per heavy atom. The molecule has 8 heteroatoms. The number of aromatic nitrogens is 2. The second-order valence-corrected chi connectivity index (χ2v) is 9.24. The quantitative estimate of drug-likeness (QED) is 0.352. The molecule has 0 bridgehead atoms. The average Bonchev–Trinajstić information content (AvgIpc) is 2.87. The summed E-state index contributed by atoms with van der Waals surface area (Å²) in [4.78, 5) is 9.19. The molecule has 5 aromatic rings. The van der Waals surface area contributed by atoms with E-state index in [0.717, 1.165) is 16.7 Å². The van der Waals surface area contributed by atoms with Gasteiger partial charge in [-0.05, 0) is 41.3 Å². The van der Waals surface area contributed by atoms with Crippen molar-refractivity contribution in [1.29, 1.82) is 0 Å². The van der Waals surface area contributed by atoms with E-state index in [4.69, 9.17) is 9.47 Å². The van der Waals surface area contributed by atoms with Crippen LogP contribution >= 0.6 is 0 Å². The maximum Gasteiger partial charge on any atom is 0.263 e. The van der Waals surface area contributed by atoms with Gasteiger partial charge in [-0.15, -0.1) is 0 Å². The first-order valence-corrected chi connectivity index (χ1v) is 12.0. The van der Waals surface area contributed by atoms with Crippen molar-refractivity contribution in [2.45, 2.75) is 11.5 Å². The van der Waals surface area contributed by atoms with Crippen molar-refractivity contribution in [1.82, 2.24) is 9.97 Å². The minimum Gasteiger partial charge on any atom is -0.497 e. The molecule has 0 amide bonds. The largest absolute Gasteiger partial charge is 0.497 e. The molecule has 5 rings (SSSR count). The summed E-state index contributed by atoms with van der Waals surface area (Å²) >= 11 is 0. The van der Waals surface area contributed by atoms with Crippen LogP contribution < -0.4 is 14.2 Å². The SMILES string of the molecule is COc1ccc(COc2nc3ccccc3nc2NS(=O)(=O)c2cccc3ccccc23)cc1. The van der Waals surface area contributed by atoms with Gasteiger partial charge in [-0.25, -0.2) is 18.4 Å². The van der Waals surface area contributed by atoms with E-state index in [-0.39, 0.29) is 23.2 Å². The first kappa shape index (κ1) is 21.7. The molecule has 7 nitrogen and oxygen atoms in total. The Kier molecular flexibility index (Phi) is 5.73.